The fraction of sp³-hybridized carbons (Fsp3) is 0.963. The van der Waals surface area contributed by atoms with E-state index in [4.69, 9.17) is 0 Å². The first-order chi connectivity index (χ1) is 15.8. The molecule has 7 nitrogen and oxygen atoms in total. The van der Waals surface area contributed by atoms with Gasteiger partial charge < -0.3 is 30.6 Å². The highest BCUT2D eigenvalue weighted by molar-refractivity contribution is 5.70. The lowest BCUT2D eigenvalue weighted by Crippen LogP contribution is -2.66. The number of hydrogen-bond donors (Lipinski definition) is 6. The standard InChI is InChI=1S/C27H46O7/c1-13(5-8-20(29)14(2)25(33)34)16-6-7-17-22-18(12-21(30)27(16,17)4)26(3)10-9-15(28)11-19(26)23(31)24(22)32/h13-24,28-32H,5-12H2,1-4H3,(H,33,34)/t13-,14?,15-,16-,17+,18+,19+,20?,21+,22+,23-,24+,26-,27-/m1/s1. The molecule has 0 heterocycles. The second kappa shape index (κ2) is 9.29. The molecular weight excluding hydrogens is 436 g/mol. The number of hydrogen-bond acceptors (Lipinski definition) is 6. The third-order valence-electron chi connectivity index (χ3n) is 11.5. The van der Waals surface area contributed by atoms with Crippen LogP contribution in [0.1, 0.15) is 79.1 Å². The van der Waals surface area contributed by atoms with Gasteiger partial charge in [0, 0.05) is 0 Å². The SMILES string of the molecule is CC(C(=O)O)C(O)CC[C@@H](C)[C@H]1CC[C@H]2[C@@H]3[C@H](O)[C@H](O)[C@@H]4C[C@H](O)CC[C@]4(C)[C@H]3C[C@H](O)[C@]12C. The van der Waals surface area contributed by atoms with Gasteiger partial charge in [-0.1, -0.05) is 20.8 Å². The van der Waals surface area contributed by atoms with Gasteiger partial charge in [-0.25, -0.2) is 0 Å². The van der Waals surface area contributed by atoms with Crippen molar-refractivity contribution in [3.63, 3.8) is 0 Å². The Hall–Kier alpha value is -0.730. The van der Waals surface area contributed by atoms with Crippen LogP contribution in [0, 0.1) is 52.3 Å². The third-order valence-corrected chi connectivity index (χ3v) is 11.5. The van der Waals surface area contributed by atoms with E-state index in [1.165, 1.54) is 6.92 Å². The van der Waals surface area contributed by atoms with Crippen LogP contribution in [0.2, 0.25) is 0 Å². The van der Waals surface area contributed by atoms with Crippen molar-refractivity contribution in [1.82, 2.24) is 0 Å². The Morgan fingerprint density at radius 1 is 0.912 bits per heavy atom. The fourth-order valence-electron chi connectivity index (χ4n) is 9.22. The number of carbonyl (C=O) groups is 1. The summed E-state index contributed by atoms with van der Waals surface area (Å²) in [6.45, 7) is 8.03. The number of aliphatic carboxylic acids is 1. The van der Waals surface area contributed by atoms with E-state index in [1.54, 1.807) is 0 Å². The number of aliphatic hydroxyl groups is 5. The maximum Gasteiger partial charge on any atom is 0.308 e. The average molecular weight is 483 g/mol. The summed E-state index contributed by atoms with van der Waals surface area (Å²) in [6.07, 6.45) is 2.00. The Bertz CT molecular complexity index is 759. The van der Waals surface area contributed by atoms with E-state index in [0.29, 0.717) is 32.1 Å². The maximum absolute atomic E-state index is 11.6. The molecule has 0 aliphatic heterocycles. The molecule has 4 aliphatic carbocycles. The van der Waals surface area contributed by atoms with E-state index >= 15 is 0 Å². The van der Waals surface area contributed by atoms with Gasteiger partial charge in [0.2, 0.25) is 0 Å². The fourth-order valence-corrected chi connectivity index (χ4v) is 9.22. The Labute approximate surface area is 203 Å². The van der Waals surface area contributed by atoms with Crippen molar-refractivity contribution in [2.24, 2.45) is 52.3 Å². The van der Waals surface area contributed by atoms with Crippen LogP contribution in [-0.2, 0) is 4.79 Å². The zero-order chi connectivity index (χ0) is 25.2. The molecule has 0 saturated heterocycles. The number of aliphatic hydroxyl groups excluding tert-OH is 5. The van der Waals surface area contributed by atoms with E-state index < -0.39 is 42.4 Å². The van der Waals surface area contributed by atoms with Crippen molar-refractivity contribution in [3.05, 3.63) is 0 Å². The molecular formula is C27H46O7. The monoisotopic (exact) mass is 482 g/mol. The van der Waals surface area contributed by atoms with Crippen LogP contribution >= 0.6 is 0 Å². The van der Waals surface area contributed by atoms with Crippen LogP contribution in [0.4, 0.5) is 0 Å². The van der Waals surface area contributed by atoms with Gasteiger partial charge in [0.05, 0.1) is 36.4 Å². The van der Waals surface area contributed by atoms with Gasteiger partial charge in [-0.2, -0.15) is 0 Å². The lowest BCUT2D eigenvalue weighted by atomic mass is 9.42. The third kappa shape index (κ3) is 3.94. The highest BCUT2D eigenvalue weighted by Crippen LogP contribution is 2.68. The number of fused-ring (bicyclic) bond motifs is 5. The number of carboxylic acids is 1. The Morgan fingerprint density at radius 3 is 2.24 bits per heavy atom. The minimum Gasteiger partial charge on any atom is -0.481 e. The van der Waals surface area contributed by atoms with Gasteiger partial charge in [0.15, 0.2) is 0 Å². The minimum atomic E-state index is -0.992. The zero-order valence-corrected chi connectivity index (χ0v) is 21.2. The molecule has 0 radical (unpaired) electrons. The summed E-state index contributed by atoms with van der Waals surface area (Å²) in [5, 5.41) is 63.9. The quantitative estimate of drug-likeness (QED) is 0.342. The van der Waals surface area contributed by atoms with Crippen molar-refractivity contribution < 1.29 is 35.4 Å². The predicted molar refractivity (Wildman–Crippen MR) is 127 cm³/mol. The smallest absolute Gasteiger partial charge is 0.308 e. The molecule has 196 valence electrons. The normalized spacial score (nSPS) is 51.0. The van der Waals surface area contributed by atoms with Gasteiger partial charge >= 0.3 is 5.97 Å². The summed E-state index contributed by atoms with van der Waals surface area (Å²) >= 11 is 0. The molecule has 14 atom stereocenters. The zero-order valence-electron chi connectivity index (χ0n) is 21.2. The van der Waals surface area contributed by atoms with E-state index in [1.807, 2.05) is 0 Å². The molecule has 0 amide bonds. The van der Waals surface area contributed by atoms with Crippen LogP contribution in [0.3, 0.4) is 0 Å². The molecule has 0 spiro atoms. The van der Waals surface area contributed by atoms with Crippen molar-refractivity contribution >= 4 is 5.97 Å². The molecule has 6 N–H and O–H groups in total. The summed E-state index contributed by atoms with van der Waals surface area (Å²) in [7, 11) is 0. The maximum atomic E-state index is 11.6. The largest absolute Gasteiger partial charge is 0.481 e. The lowest BCUT2D eigenvalue weighted by Gasteiger charge is -2.64. The summed E-state index contributed by atoms with van der Waals surface area (Å²) in [5.74, 6) is -1.39. The first kappa shape index (κ1) is 26.3. The Morgan fingerprint density at radius 2 is 1.59 bits per heavy atom. The van der Waals surface area contributed by atoms with Crippen molar-refractivity contribution in [2.45, 2.75) is 110 Å². The predicted octanol–water partition coefficient (Wildman–Crippen LogP) is 2.42. The Balaban J connectivity index is 1.55. The van der Waals surface area contributed by atoms with Crippen LogP contribution < -0.4 is 0 Å². The second-order valence-electron chi connectivity index (χ2n) is 12.9. The Kier molecular flexibility index (Phi) is 7.20. The van der Waals surface area contributed by atoms with Crippen molar-refractivity contribution in [3.8, 4) is 0 Å². The highest BCUT2D eigenvalue weighted by Gasteiger charge is 2.67. The number of rotatable bonds is 6. The molecule has 4 fully saturated rings. The molecule has 0 aromatic rings. The second-order valence-corrected chi connectivity index (χ2v) is 12.9. The van der Waals surface area contributed by atoms with Gasteiger partial charge in [0.1, 0.15) is 0 Å². The summed E-state index contributed by atoms with van der Waals surface area (Å²) in [6, 6.07) is 0. The molecule has 0 bridgehead atoms. The van der Waals surface area contributed by atoms with Crippen LogP contribution in [0.25, 0.3) is 0 Å². The lowest BCUT2D eigenvalue weighted by molar-refractivity contribution is -0.243. The van der Waals surface area contributed by atoms with Crippen molar-refractivity contribution in [2.75, 3.05) is 0 Å². The van der Waals surface area contributed by atoms with Crippen LogP contribution in [0.5, 0.6) is 0 Å². The van der Waals surface area contributed by atoms with Gasteiger partial charge in [0.25, 0.3) is 0 Å². The minimum absolute atomic E-state index is 0.0743. The molecule has 34 heavy (non-hydrogen) atoms. The van der Waals surface area contributed by atoms with Crippen LogP contribution in [-0.4, -0.2) is 67.1 Å². The van der Waals surface area contributed by atoms with Crippen molar-refractivity contribution in [1.29, 1.82) is 0 Å². The van der Waals surface area contributed by atoms with Gasteiger partial charge in [-0.15, -0.1) is 0 Å². The first-order valence-corrected chi connectivity index (χ1v) is 13.5. The van der Waals surface area contributed by atoms with E-state index in [2.05, 4.69) is 20.8 Å². The van der Waals surface area contributed by atoms with Gasteiger partial charge in [-0.05, 0) is 105 Å². The average Bonchev–Trinajstić information content (AvgIpc) is 3.15. The summed E-state index contributed by atoms with van der Waals surface area (Å²) < 4.78 is 0. The molecule has 7 heteroatoms. The molecule has 4 saturated carbocycles. The summed E-state index contributed by atoms with van der Waals surface area (Å²) in [4.78, 5) is 11.2. The van der Waals surface area contributed by atoms with Gasteiger partial charge in [-0.3, -0.25) is 4.79 Å². The van der Waals surface area contributed by atoms with E-state index in [9.17, 15) is 35.4 Å². The topological polar surface area (TPSA) is 138 Å². The molecule has 0 aromatic carbocycles. The first-order valence-electron chi connectivity index (χ1n) is 13.5. The molecule has 4 aliphatic rings. The highest BCUT2D eigenvalue weighted by atomic mass is 16.4. The van der Waals surface area contributed by atoms with E-state index in [-0.39, 0.29) is 46.3 Å². The van der Waals surface area contributed by atoms with E-state index in [0.717, 1.165) is 19.3 Å². The number of carboxylic acid groups (broad SMARTS) is 1. The van der Waals surface area contributed by atoms with Crippen LogP contribution in [0.15, 0.2) is 0 Å². The molecule has 0 aromatic heterocycles. The molecule has 2 unspecified atom stereocenters. The molecule has 4 rings (SSSR count). The summed E-state index contributed by atoms with van der Waals surface area (Å²) in [5.41, 5.74) is -0.590.